The molecule has 2 heterocycles. The summed E-state index contributed by atoms with van der Waals surface area (Å²) in [5, 5.41) is 0. The number of nitrogens with zero attached hydrogens (tertiary/aromatic N) is 2. The van der Waals surface area contributed by atoms with E-state index in [2.05, 4.69) is 0 Å². The second kappa shape index (κ2) is 11.4. The molecule has 34 heavy (non-hydrogen) atoms. The van der Waals surface area contributed by atoms with Crippen molar-refractivity contribution in [2.75, 3.05) is 49.3 Å². The lowest BCUT2D eigenvalue weighted by molar-refractivity contribution is 0.0305. The summed E-state index contributed by atoms with van der Waals surface area (Å²) in [6, 6.07) is 15.6. The third kappa shape index (κ3) is 6.27. The minimum atomic E-state index is -0.334. The molecule has 0 aromatic heterocycles. The van der Waals surface area contributed by atoms with Crippen LogP contribution in [0.5, 0.6) is 0 Å². The molecule has 2 unspecified atom stereocenters. The summed E-state index contributed by atoms with van der Waals surface area (Å²) in [6.07, 6.45) is 0.473. The lowest BCUT2D eigenvalue weighted by atomic mass is 10.2. The molecule has 182 valence electrons. The molecule has 2 aromatic carbocycles. The van der Waals surface area contributed by atoms with Crippen molar-refractivity contribution in [1.82, 2.24) is 0 Å². The minimum Gasteiger partial charge on any atom is -0.441 e. The molecule has 0 bridgehead atoms. The van der Waals surface area contributed by atoms with Crippen LogP contribution in [0.25, 0.3) is 0 Å². The highest BCUT2D eigenvalue weighted by Gasteiger charge is 2.33. The molecule has 8 heteroatoms. The van der Waals surface area contributed by atoms with Gasteiger partial charge in [-0.3, -0.25) is 9.80 Å². The topological polar surface area (TPSA) is 77.5 Å². The fourth-order valence-corrected chi connectivity index (χ4v) is 3.93. The molecule has 0 saturated carbocycles. The number of anilines is 2. The van der Waals surface area contributed by atoms with Crippen molar-refractivity contribution in [1.29, 1.82) is 0 Å². The molecular formula is C26H32N2O6. The van der Waals surface area contributed by atoms with E-state index >= 15 is 0 Å². The van der Waals surface area contributed by atoms with Gasteiger partial charge in [0.2, 0.25) is 0 Å². The molecule has 4 rings (SSSR count). The van der Waals surface area contributed by atoms with E-state index in [0.29, 0.717) is 39.5 Å². The van der Waals surface area contributed by atoms with Gasteiger partial charge < -0.3 is 18.9 Å². The van der Waals surface area contributed by atoms with Crippen molar-refractivity contribution in [3.63, 3.8) is 0 Å². The van der Waals surface area contributed by atoms with Crippen LogP contribution in [-0.2, 0) is 18.9 Å². The Morgan fingerprint density at radius 3 is 1.47 bits per heavy atom. The third-order valence-corrected chi connectivity index (χ3v) is 5.87. The zero-order chi connectivity index (χ0) is 23.9. The first-order chi connectivity index (χ1) is 16.5. The number of ether oxygens (including phenoxy) is 4. The molecular weight excluding hydrogens is 436 g/mol. The highest BCUT2D eigenvalue weighted by molar-refractivity contribution is 5.90. The number of hydrogen-bond donors (Lipinski definition) is 0. The molecule has 2 fully saturated rings. The average Bonchev–Trinajstić information content (AvgIpc) is 3.38. The number of aryl methyl sites for hydroxylation is 2. The van der Waals surface area contributed by atoms with E-state index in [1.54, 1.807) is 9.80 Å². The van der Waals surface area contributed by atoms with Gasteiger partial charge in [-0.25, -0.2) is 9.59 Å². The monoisotopic (exact) mass is 468 g/mol. The van der Waals surface area contributed by atoms with Crippen molar-refractivity contribution in [2.45, 2.75) is 38.9 Å². The Morgan fingerprint density at radius 2 is 1.09 bits per heavy atom. The van der Waals surface area contributed by atoms with Gasteiger partial charge in [0.15, 0.2) is 0 Å². The lowest BCUT2D eigenvalue weighted by Crippen LogP contribution is -2.26. The second-order valence-electron chi connectivity index (χ2n) is 8.76. The standard InChI is InChI=1S/C26H32N2O6/c1-19-5-9-21(10-6-19)27-15-23(33-25(27)29)17-31-13-3-4-14-32-18-24-16-28(26(30)34-24)22-11-7-20(2)8-12-22/h5-12,23-24H,3-4,13-18H2,1-2H3. The first kappa shape index (κ1) is 24.0. The number of benzene rings is 2. The van der Waals surface area contributed by atoms with E-state index in [1.807, 2.05) is 62.4 Å². The van der Waals surface area contributed by atoms with E-state index in [1.165, 1.54) is 0 Å². The van der Waals surface area contributed by atoms with Crippen molar-refractivity contribution < 1.29 is 28.5 Å². The van der Waals surface area contributed by atoms with Gasteiger partial charge in [0.05, 0.1) is 26.3 Å². The van der Waals surface area contributed by atoms with E-state index in [0.717, 1.165) is 35.3 Å². The molecule has 0 spiro atoms. The SMILES string of the molecule is Cc1ccc(N2CC(COCCCCOCC3CN(c4ccc(C)cc4)C(=O)O3)OC2=O)cc1. The van der Waals surface area contributed by atoms with Crippen molar-refractivity contribution in [2.24, 2.45) is 0 Å². The van der Waals surface area contributed by atoms with E-state index in [9.17, 15) is 9.59 Å². The summed E-state index contributed by atoms with van der Waals surface area (Å²) in [6.45, 7) is 6.90. The molecule has 2 aliphatic heterocycles. The lowest BCUT2D eigenvalue weighted by Gasteiger charge is -2.13. The van der Waals surface area contributed by atoms with Crippen molar-refractivity contribution in [3.05, 3.63) is 59.7 Å². The van der Waals surface area contributed by atoms with E-state index in [4.69, 9.17) is 18.9 Å². The predicted octanol–water partition coefficient (Wildman–Crippen LogP) is 4.47. The highest BCUT2D eigenvalue weighted by atomic mass is 16.6. The molecule has 2 amide bonds. The zero-order valence-corrected chi connectivity index (χ0v) is 19.8. The molecule has 2 atom stereocenters. The first-order valence-corrected chi connectivity index (χ1v) is 11.7. The fraction of sp³-hybridized carbons (Fsp3) is 0.462. The van der Waals surface area contributed by atoms with Gasteiger partial charge in [0.1, 0.15) is 12.2 Å². The maximum atomic E-state index is 12.1. The highest BCUT2D eigenvalue weighted by Crippen LogP contribution is 2.23. The average molecular weight is 469 g/mol. The number of cyclic esters (lactones) is 2. The Kier molecular flexibility index (Phi) is 8.03. The van der Waals surface area contributed by atoms with Crippen LogP contribution < -0.4 is 9.80 Å². The largest absolute Gasteiger partial charge is 0.441 e. The quantitative estimate of drug-likeness (QED) is 0.453. The Hall–Kier alpha value is -3.10. The van der Waals surface area contributed by atoms with Gasteiger partial charge in [-0.15, -0.1) is 0 Å². The molecule has 2 aliphatic rings. The number of carbonyl (C=O) groups excluding carboxylic acids is 2. The Morgan fingerprint density at radius 1 is 0.706 bits per heavy atom. The van der Waals surface area contributed by atoms with Crippen LogP contribution in [0.2, 0.25) is 0 Å². The third-order valence-electron chi connectivity index (χ3n) is 5.87. The van der Waals surface area contributed by atoms with Gasteiger partial charge in [0, 0.05) is 24.6 Å². The summed E-state index contributed by atoms with van der Waals surface area (Å²) in [5.41, 5.74) is 3.97. The normalized spacial score (nSPS) is 20.1. The van der Waals surface area contributed by atoms with E-state index < -0.39 is 0 Å². The molecule has 2 aromatic rings. The van der Waals surface area contributed by atoms with Crippen LogP contribution in [0.1, 0.15) is 24.0 Å². The maximum absolute atomic E-state index is 12.1. The molecule has 0 aliphatic carbocycles. The second-order valence-corrected chi connectivity index (χ2v) is 8.76. The van der Waals surface area contributed by atoms with Crippen molar-refractivity contribution >= 4 is 23.6 Å². The van der Waals surface area contributed by atoms with E-state index in [-0.39, 0.29) is 24.4 Å². The predicted molar refractivity (Wildman–Crippen MR) is 128 cm³/mol. The first-order valence-electron chi connectivity index (χ1n) is 11.7. The number of amides is 2. The number of rotatable bonds is 11. The maximum Gasteiger partial charge on any atom is 0.414 e. The number of carbonyl (C=O) groups is 2. The number of hydrogen-bond acceptors (Lipinski definition) is 6. The fourth-order valence-electron chi connectivity index (χ4n) is 3.93. The molecule has 2 saturated heterocycles. The van der Waals surface area contributed by atoms with Crippen LogP contribution in [0.15, 0.2) is 48.5 Å². The summed E-state index contributed by atoms with van der Waals surface area (Å²) in [4.78, 5) is 27.5. The Bertz CT molecular complexity index is 883. The van der Waals surface area contributed by atoms with Gasteiger partial charge in [0.25, 0.3) is 0 Å². The molecule has 0 radical (unpaired) electrons. The van der Waals surface area contributed by atoms with Crippen molar-refractivity contribution in [3.8, 4) is 0 Å². The minimum absolute atomic E-state index is 0.265. The molecule has 8 nitrogen and oxygen atoms in total. The smallest absolute Gasteiger partial charge is 0.414 e. The van der Waals surface area contributed by atoms with Crippen LogP contribution in [0.3, 0.4) is 0 Å². The van der Waals surface area contributed by atoms with Gasteiger partial charge in [-0.2, -0.15) is 0 Å². The Balaban J connectivity index is 1.05. The zero-order valence-electron chi connectivity index (χ0n) is 19.8. The van der Waals surface area contributed by atoms with Gasteiger partial charge >= 0.3 is 12.2 Å². The summed E-state index contributed by atoms with van der Waals surface area (Å²) < 4.78 is 22.2. The van der Waals surface area contributed by atoms with Crippen LogP contribution in [0.4, 0.5) is 21.0 Å². The van der Waals surface area contributed by atoms with Crippen LogP contribution >= 0.6 is 0 Å². The number of unbranched alkanes of at least 4 members (excludes halogenated alkanes) is 1. The summed E-state index contributed by atoms with van der Waals surface area (Å²) >= 11 is 0. The summed E-state index contributed by atoms with van der Waals surface area (Å²) in [5.74, 6) is 0. The molecule has 0 N–H and O–H groups in total. The summed E-state index contributed by atoms with van der Waals surface area (Å²) in [7, 11) is 0. The van der Waals surface area contributed by atoms with Gasteiger partial charge in [-0.1, -0.05) is 35.4 Å². The van der Waals surface area contributed by atoms with Gasteiger partial charge in [-0.05, 0) is 51.0 Å². The van der Waals surface area contributed by atoms with Crippen LogP contribution in [0, 0.1) is 13.8 Å². The Labute approximate surface area is 200 Å². The van der Waals surface area contributed by atoms with Crippen LogP contribution in [-0.4, -0.2) is 63.9 Å².